The first-order valence-electron chi connectivity index (χ1n) is 6.42. The summed E-state index contributed by atoms with van der Waals surface area (Å²) in [5, 5.41) is 17.2. The number of urea groups is 1. The Labute approximate surface area is 127 Å². The number of aliphatic hydroxyl groups is 1. The third kappa shape index (κ3) is 6.09. The number of nitrogens with one attached hydrogen (secondary N) is 2. The Balaban J connectivity index is 2.48. The second-order valence-corrected chi connectivity index (χ2v) is 6.74. The Morgan fingerprint density at radius 2 is 2.00 bits per heavy atom. The van der Waals surface area contributed by atoms with Crippen molar-refractivity contribution in [3.8, 4) is 0 Å². The average molecular weight is 315 g/mol. The molecule has 1 atom stereocenters. The minimum Gasteiger partial charge on any atom is -0.458 e. The van der Waals surface area contributed by atoms with Gasteiger partial charge in [0.15, 0.2) is 10.7 Å². The van der Waals surface area contributed by atoms with Gasteiger partial charge >= 0.3 is 12.0 Å². The second kappa shape index (κ2) is 6.40. The maximum Gasteiger partial charge on any atom is 0.340 e. The highest BCUT2D eigenvalue weighted by molar-refractivity contribution is 7.13. The van der Waals surface area contributed by atoms with E-state index in [-0.39, 0.29) is 6.54 Å². The fraction of sp³-hybridized carbons (Fsp3) is 0.615. The van der Waals surface area contributed by atoms with Crippen molar-refractivity contribution in [2.75, 3.05) is 11.9 Å². The summed E-state index contributed by atoms with van der Waals surface area (Å²) in [7, 11) is 0. The Bertz CT molecular complexity index is 520. The van der Waals surface area contributed by atoms with Crippen LogP contribution >= 0.6 is 11.3 Å². The average Bonchev–Trinajstić information content (AvgIpc) is 2.70. The van der Waals surface area contributed by atoms with Crippen molar-refractivity contribution >= 4 is 28.5 Å². The first-order chi connectivity index (χ1) is 9.49. The quantitative estimate of drug-likeness (QED) is 0.734. The van der Waals surface area contributed by atoms with E-state index in [9.17, 15) is 14.7 Å². The number of anilines is 1. The van der Waals surface area contributed by atoms with E-state index in [1.165, 1.54) is 18.3 Å². The molecule has 1 rings (SSSR count). The van der Waals surface area contributed by atoms with E-state index in [4.69, 9.17) is 4.74 Å². The molecule has 0 aliphatic heterocycles. The number of aryl methyl sites for hydroxylation is 1. The second-order valence-electron chi connectivity index (χ2n) is 5.88. The van der Waals surface area contributed by atoms with Crippen LogP contribution in [0.2, 0.25) is 0 Å². The molecule has 0 unspecified atom stereocenters. The molecule has 0 fully saturated rings. The van der Waals surface area contributed by atoms with Crippen LogP contribution in [0.5, 0.6) is 0 Å². The Kier molecular flexibility index (Phi) is 5.30. The van der Waals surface area contributed by atoms with Gasteiger partial charge in [0.05, 0.1) is 12.2 Å². The molecule has 1 aromatic rings. The van der Waals surface area contributed by atoms with Crippen LogP contribution < -0.4 is 10.6 Å². The van der Waals surface area contributed by atoms with Gasteiger partial charge in [-0.2, -0.15) is 0 Å². The first-order valence-corrected chi connectivity index (χ1v) is 7.30. The predicted molar refractivity (Wildman–Crippen MR) is 80.3 cm³/mol. The van der Waals surface area contributed by atoms with Crippen LogP contribution in [0.25, 0.3) is 0 Å². The van der Waals surface area contributed by atoms with E-state index in [0.29, 0.717) is 5.13 Å². The lowest BCUT2D eigenvalue weighted by Crippen LogP contribution is -2.50. The molecule has 0 radical (unpaired) electrons. The highest BCUT2D eigenvalue weighted by Gasteiger charge is 2.35. The zero-order valence-corrected chi connectivity index (χ0v) is 13.6. The molecule has 0 bridgehead atoms. The van der Waals surface area contributed by atoms with Gasteiger partial charge in [-0.1, -0.05) is 0 Å². The number of aromatic nitrogens is 1. The Morgan fingerprint density at radius 1 is 1.38 bits per heavy atom. The number of esters is 1. The molecule has 7 nitrogen and oxygen atoms in total. The van der Waals surface area contributed by atoms with E-state index in [0.717, 1.165) is 5.69 Å². The van der Waals surface area contributed by atoms with Crippen LogP contribution in [0.1, 0.15) is 33.4 Å². The number of rotatable bonds is 4. The van der Waals surface area contributed by atoms with Gasteiger partial charge in [-0.3, -0.25) is 5.32 Å². The van der Waals surface area contributed by atoms with Crippen molar-refractivity contribution in [1.82, 2.24) is 10.3 Å². The van der Waals surface area contributed by atoms with Gasteiger partial charge < -0.3 is 15.2 Å². The maximum absolute atomic E-state index is 11.8. The van der Waals surface area contributed by atoms with Crippen LogP contribution in [0.3, 0.4) is 0 Å². The smallest absolute Gasteiger partial charge is 0.340 e. The van der Waals surface area contributed by atoms with Crippen LogP contribution in [-0.4, -0.2) is 39.8 Å². The first kappa shape index (κ1) is 17.4. The van der Waals surface area contributed by atoms with E-state index < -0.39 is 23.2 Å². The lowest BCUT2D eigenvalue weighted by molar-refractivity contribution is -0.174. The number of nitrogens with zero attached hydrogens (tertiary/aromatic N) is 1. The number of ether oxygens (including phenoxy) is 1. The summed E-state index contributed by atoms with van der Waals surface area (Å²) in [5.41, 5.74) is -1.71. The summed E-state index contributed by atoms with van der Waals surface area (Å²) in [6.07, 6.45) is 0. The molecule has 1 heterocycles. The third-order valence-corrected chi connectivity index (χ3v) is 3.15. The summed E-state index contributed by atoms with van der Waals surface area (Å²) in [4.78, 5) is 27.5. The summed E-state index contributed by atoms with van der Waals surface area (Å²) in [6.45, 7) is 7.93. The normalized spacial score (nSPS) is 14.2. The monoisotopic (exact) mass is 315 g/mol. The molecule has 0 saturated carbocycles. The largest absolute Gasteiger partial charge is 0.458 e. The van der Waals surface area contributed by atoms with Crippen molar-refractivity contribution in [1.29, 1.82) is 0 Å². The Hall–Kier alpha value is -1.67. The van der Waals surface area contributed by atoms with Gasteiger partial charge in [-0.05, 0) is 34.6 Å². The zero-order chi connectivity index (χ0) is 16.3. The lowest BCUT2D eigenvalue weighted by Gasteiger charge is -2.27. The fourth-order valence-electron chi connectivity index (χ4n) is 1.27. The van der Waals surface area contributed by atoms with Crippen molar-refractivity contribution in [3.63, 3.8) is 0 Å². The molecule has 2 amide bonds. The number of amides is 2. The molecular weight excluding hydrogens is 294 g/mol. The summed E-state index contributed by atoms with van der Waals surface area (Å²) >= 11 is 1.29. The van der Waals surface area contributed by atoms with Crippen molar-refractivity contribution in [3.05, 3.63) is 11.1 Å². The van der Waals surface area contributed by atoms with Crippen LogP contribution in [0, 0.1) is 6.92 Å². The minimum absolute atomic E-state index is 0.266. The van der Waals surface area contributed by atoms with E-state index >= 15 is 0 Å². The number of carbonyl (C=O) groups is 2. The zero-order valence-electron chi connectivity index (χ0n) is 12.8. The standard InChI is InChI=1S/C13H21N3O4S/c1-8-6-21-11(15-8)16-10(18)14-7-13(5,19)9(17)20-12(2,3)4/h6,19H,7H2,1-5H3,(H2,14,15,16,18)/t13-/m1/s1. The van der Waals surface area contributed by atoms with Gasteiger partial charge in [-0.15, -0.1) is 11.3 Å². The third-order valence-electron chi connectivity index (χ3n) is 2.27. The van der Waals surface area contributed by atoms with Crippen LogP contribution in [0.4, 0.5) is 9.93 Å². The van der Waals surface area contributed by atoms with E-state index in [2.05, 4.69) is 15.6 Å². The van der Waals surface area contributed by atoms with Crippen LogP contribution in [0.15, 0.2) is 5.38 Å². The molecule has 0 spiro atoms. The molecule has 0 saturated heterocycles. The minimum atomic E-state index is -1.80. The summed E-state index contributed by atoms with van der Waals surface area (Å²) in [6, 6.07) is -0.548. The van der Waals surface area contributed by atoms with E-state index in [1.807, 2.05) is 6.92 Å². The molecule has 0 aliphatic carbocycles. The molecule has 3 N–H and O–H groups in total. The molecule has 8 heteroatoms. The maximum atomic E-state index is 11.8. The lowest BCUT2D eigenvalue weighted by atomic mass is 10.1. The van der Waals surface area contributed by atoms with Gasteiger partial charge in [0.2, 0.25) is 0 Å². The van der Waals surface area contributed by atoms with Gasteiger partial charge in [0.1, 0.15) is 5.60 Å². The molecule has 118 valence electrons. The highest BCUT2D eigenvalue weighted by Crippen LogP contribution is 2.15. The fourth-order valence-corrected chi connectivity index (χ4v) is 1.95. The molecular formula is C13H21N3O4S. The number of carbonyl (C=O) groups excluding carboxylic acids is 2. The summed E-state index contributed by atoms with van der Waals surface area (Å²) in [5.74, 6) is -0.791. The van der Waals surface area contributed by atoms with Crippen LogP contribution in [-0.2, 0) is 9.53 Å². The van der Waals surface area contributed by atoms with Crippen molar-refractivity contribution in [2.45, 2.75) is 45.8 Å². The van der Waals surface area contributed by atoms with Gasteiger partial charge in [0, 0.05) is 5.38 Å². The van der Waals surface area contributed by atoms with Gasteiger partial charge in [0.25, 0.3) is 0 Å². The van der Waals surface area contributed by atoms with Crippen molar-refractivity contribution < 1.29 is 19.4 Å². The molecule has 0 aromatic carbocycles. The SMILES string of the molecule is Cc1csc(NC(=O)NC[C@@](C)(O)C(=O)OC(C)(C)C)n1. The molecule has 21 heavy (non-hydrogen) atoms. The topological polar surface area (TPSA) is 101 Å². The van der Waals surface area contributed by atoms with E-state index in [1.54, 1.807) is 26.2 Å². The predicted octanol–water partition coefficient (Wildman–Crippen LogP) is 1.67. The number of hydrogen-bond acceptors (Lipinski definition) is 6. The van der Waals surface area contributed by atoms with Crippen molar-refractivity contribution in [2.24, 2.45) is 0 Å². The summed E-state index contributed by atoms with van der Waals surface area (Å²) < 4.78 is 5.09. The highest BCUT2D eigenvalue weighted by atomic mass is 32.1. The molecule has 1 aromatic heterocycles. The van der Waals surface area contributed by atoms with Gasteiger partial charge in [-0.25, -0.2) is 14.6 Å². The number of hydrogen-bond donors (Lipinski definition) is 3. The Morgan fingerprint density at radius 3 is 2.48 bits per heavy atom. The molecule has 0 aliphatic rings. The number of thiazole rings is 1.